The number of carbonyl (C=O) groups excluding carboxylic acids is 1. The van der Waals surface area contributed by atoms with Gasteiger partial charge < -0.3 is 10.3 Å². The van der Waals surface area contributed by atoms with E-state index in [0.29, 0.717) is 12.1 Å². The Hall–Kier alpha value is -2.11. The predicted octanol–water partition coefficient (Wildman–Crippen LogP) is 4.77. The van der Waals surface area contributed by atoms with Crippen molar-refractivity contribution >= 4 is 40.4 Å². The molecule has 144 valence electrons. The number of hydrazine groups is 1. The number of carbonyl (C=O) groups is 1. The molecule has 0 saturated heterocycles. The number of benzene rings is 1. The summed E-state index contributed by atoms with van der Waals surface area (Å²) in [5, 5.41) is 3.71. The fourth-order valence-electron chi connectivity index (χ4n) is 2.87. The molecule has 0 spiro atoms. The van der Waals surface area contributed by atoms with Crippen LogP contribution in [-0.2, 0) is 11.2 Å². The van der Waals surface area contributed by atoms with Crippen LogP contribution >= 0.6 is 23.2 Å². The van der Waals surface area contributed by atoms with Gasteiger partial charge in [-0.05, 0) is 36.5 Å². The van der Waals surface area contributed by atoms with Gasteiger partial charge in [-0.15, -0.1) is 0 Å². The van der Waals surface area contributed by atoms with Crippen LogP contribution in [0, 0.1) is 0 Å². The van der Waals surface area contributed by atoms with Crippen LogP contribution in [0.4, 0.5) is 14.5 Å². The normalized spacial score (nSPS) is 13.7. The first kappa shape index (κ1) is 21.2. The first-order valence-corrected chi connectivity index (χ1v) is 8.87. The second kappa shape index (κ2) is 9.20. The van der Waals surface area contributed by atoms with Gasteiger partial charge in [-0.2, -0.15) is 0 Å². The van der Waals surface area contributed by atoms with Crippen LogP contribution < -0.4 is 11.2 Å². The van der Waals surface area contributed by atoms with Crippen molar-refractivity contribution in [3.63, 3.8) is 0 Å². The molecule has 0 heterocycles. The molecule has 0 unspecified atom stereocenters. The molecule has 1 aliphatic carbocycles. The molecule has 0 saturated carbocycles. The molecule has 1 amide bonds. The fourth-order valence-corrected chi connectivity index (χ4v) is 3.10. The van der Waals surface area contributed by atoms with E-state index in [1.165, 1.54) is 7.05 Å². The molecule has 4 nitrogen and oxygen atoms in total. The van der Waals surface area contributed by atoms with E-state index in [1.54, 1.807) is 12.1 Å². The topological polar surface area (TPSA) is 58.4 Å². The maximum Gasteiger partial charge on any atom is 0.264 e. The molecule has 0 fully saturated rings. The molecule has 2 rings (SSSR count). The van der Waals surface area contributed by atoms with E-state index in [2.05, 4.69) is 17.6 Å². The number of nitrogens with one attached hydrogen (secondary N) is 1. The van der Waals surface area contributed by atoms with Crippen molar-refractivity contribution in [2.45, 2.75) is 25.7 Å². The number of nitrogens with two attached hydrogens (primary N) is 1. The third kappa shape index (κ3) is 5.44. The number of hydrogen-bond acceptors (Lipinski definition) is 3. The first-order valence-electron chi connectivity index (χ1n) is 8.11. The van der Waals surface area contributed by atoms with Gasteiger partial charge in [-0.1, -0.05) is 47.6 Å². The number of alkyl halides is 2. The summed E-state index contributed by atoms with van der Waals surface area (Å²) >= 11 is 11.5. The fraction of sp³-hybridized carbons (Fsp3) is 0.263. The smallest absolute Gasteiger partial charge is 0.264 e. The first-order chi connectivity index (χ1) is 12.7. The second-order valence-electron chi connectivity index (χ2n) is 6.04. The molecule has 0 radical (unpaired) electrons. The van der Waals surface area contributed by atoms with Crippen LogP contribution in [0.1, 0.15) is 24.0 Å². The minimum atomic E-state index is -2.88. The number of halogens is 4. The molecule has 8 heteroatoms. The highest BCUT2D eigenvalue weighted by molar-refractivity contribution is 6.55. The van der Waals surface area contributed by atoms with Crippen molar-refractivity contribution in [3.05, 3.63) is 63.5 Å². The highest BCUT2D eigenvalue weighted by Crippen LogP contribution is 2.35. The zero-order chi connectivity index (χ0) is 20.1. The molecular formula is C19H19Cl2F2N3O. The van der Waals surface area contributed by atoms with Gasteiger partial charge in [0.25, 0.3) is 12.3 Å². The van der Waals surface area contributed by atoms with E-state index < -0.39 is 17.9 Å². The molecule has 1 aromatic carbocycles. The summed E-state index contributed by atoms with van der Waals surface area (Å²) in [5.41, 5.74) is 5.11. The summed E-state index contributed by atoms with van der Waals surface area (Å²) in [6.07, 6.45) is 0.514. The Morgan fingerprint density at radius 1 is 1.41 bits per heavy atom. The molecule has 0 bridgehead atoms. The summed E-state index contributed by atoms with van der Waals surface area (Å²) < 4.78 is 26.1. The Kier molecular flexibility index (Phi) is 7.22. The highest BCUT2D eigenvalue weighted by atomic mass is 35.5. The number of anilines is 1. The van der Waals surface area contributed by atoms with Gasteiger partial charge in [-0.3, -0.25) is 4.79 Å². The molecule has 3 N–H and O–H groups in total. The van der Waals surface area contributed by atoms with Crippen molar-refractivity contribution in [1.82, 2.24) is 5.01 Å². The minimum absolute atomic E-state index is 0.0247. The van der Waals surface area contributed by atoms with Crippen LogP contribution in [0.15, 0.2) is 52.3 Å². The van der Waals surface area contributed by atoms with E-state index in [9.17, 15) is 13.6 Å². The lowest BCUT2D eigenvalue weighted by Crippen LogP contribution is -2.25. The van der Waals surface area contributed by atoms with Crippen LogP contribution in [0.3, 0.4) is 0 Å². The standard InChI is InChI=1S/C19H19Cl2F2N3O/c1-11(18(22)23)15(10-26(2)24)19(27)25-16-8-4-6-13-12(9-17(20)21)5-3-7-14(13)16/h4,6,8,10,18H,1,3,5,7,24H2,2H3,(H,25,27)/b15-10+. The molecule has 0 atom stereocenters. The zero-order valence-corrected chi connectivity index (χ0v) is 16.2. The lowest BCUT2D eigenvalue weighted by molar-refractivity contribution is -0.112. The zero-order valence-electron chi connectivity index (χ0n) is 14.7. The van der Waals surface area contributed by atoms with E-state index in [4.69, 9.17) is 29.0 Å². The van der Waals surface area contributed by atoms with Gasteiger partial charge in [0.15, 0.2) is 0 Å². The Bertz CT molecular complexity index is 853. The maximum absolute atomic E-state index is 13.1. The van der Waals surface area contributed by atoms with E-state index in [-0.39, 0.29) is 10.1 Å². The largest absolute Gasteiger partial charge is 0.322 e. The number of amides is 1. The molecular weight excluding hydrogens is 395 g/mol. The second-order valence-corrected chi connectivity index (χ2v) is 6.99. The predicted molar refractivity (Wildman–Crippen MR) is 105 cm³/mol. The van der Waals surface area contributed by atoms with E-state index in [1.807, 2.05) is 6.07 Å². The van der Waals surface area contributed by atoms with Crippen molar-refractivity contribution in [1.29, 1.82) is 0 Å². The van der Waals surface area contributed by atoms with Gasteiger partial charge in [0.2, 0.25) is 0 Å². The van der Waals surface area contributed by atoms with Crippen molar-refractivity contribution in [2.24, 2.45) is 5.84 Å². The molecule has 0 aromatic heterocycles. The average Bonchev–Trinajstić information content (AvgIpc) is 2.59. The van der Waals surface area contributed by atoms with E-state index >= 15 is 0 Å². The van der Waals surface area contributed by atoms with E-state index in [0.717, 1.165) is 40.8 Å². The number of allylic oxidation sites excluding steroid dienone is 1. The van der Waals surface area contributed by atoms with Gasteiger partial charge in [0, 0.05) is 30.1 Å². The molecule has 1 aromatic rings. The molecule has 1 aliphatic rings. The molecule has 0 aliphatic heterocycles. The highest BCUT2D eigenvalue weighted by Gasteiger charge is 2.23. The van der Waals surface area contributed by atoms with Crippen molar-refractivity contribution in [2.75, 3.05) is 12.4 Å². The summed E-state index contributed by atoms with van der Waals surface area (Å²) in [4.78, 5) is 12.6. The summed E-state index contributed by atoms with van der Waals surface area (Å²) in [7, 11) is 1.43. The van der Waals surface area contributed by atoms with Gasteiger partial charge in [0.05, 0.1) is 5.57 Å². The Morgan fingerprint density at radius 3 is 2.70 bits per heavy atom. The summed E-state index contributed by atoms with van der Waals surface area (Å²) in [6.45, 7) is 3.29. The van der Waals surface area contributed by atoms with Crippen LogP contribution in [-0.4, -0.2) is 24.4 Å². The summed E-state index contributed by atoms with van der Waals surface area (Å²) in [5.74, 6) is 4.78. The molecule has 27 heavy (non-hydrogen) atoms. The number of nitrogens with zero attached hydrogens (tertiary/aromatic N) is 1. The van der Waals surface area contributed by atoms with Crippen LogP contribution in [0.25, 0.3) is 5.57 Å². The number of rotatable bonds is 5. The van der Waals surface area contributed by atoms with Gasteiger partial charge in [0.1, 0.15) is 4.49 Å². The van der Waals surface area contributed by atoms with Gasteiger partial charge >= 0.3 is 0 Å². The monoisotopic (exact) mass is 413 g/mol. The van der Waals surface area contributed by atoms with Crippen molar-refractivity contribution in [3.8, 4) is 0 Å². The SMILES string of the molecule is C=C(/C(=C\N(C)N)C(=O)Nc1cccc2c1CCCC2=C=C(Cl)Cl)C(F)F. The Morgan fingerprint density at radius 2 is 2.11 bits per heavy atom. The number of fused-ring (bicyclic) bond motifs is 1. The third-order valence-electron chi connectivity index (χ3n) is 4.03. The summed E-state index contributed by atoms with van der Waals surface area (Å²) in [6, 6.07) is 5.34. The lowest BCUT2D eigenvalue weighted by atomic mass is 9.86. The minimum Gasteiger partial charge on any atom is -0.322 e. The third-order valence-corrected chi connectivity index (χ3v) is 4.22. The van der Waals surface area contributed by atoms with Crippen LogP contribution in [0.2, 0.25) is 0 Å². The van der Waals surface area contributed by atoms with Crippen molar-refractivity contribution < 1.29 is 13.6 Å². The average molecular weight is 414 g/mol. The Labute approximate surface area is 166 Å². The van der Waals surface area contributed by atoms with Gasteiger partial charge in [-0.25, -0.2) is 14.6 Å². The maximum atomic E-state index is 13.1. The van der Waals surface area contributed by atoms with Crippen LogP contribution in [0.5, 0.6) is 0 Å². The Balaban J connectivity index is 2.42. The quantitative estimate of drug-likeness (QED) is 0.240. The lowest BCUT2D eigenvalue weighted by Gasteiger charge is -2.22. The number of hydrogen-bond donors (Lipinski definition) is 2.